The average Bonchev–Trinajstić information content (AvgIpc) is 3.10. The van der Waals surface area contributed by atoms with Crippen molar-refractivity contribution < 1.29 is 14.3 Å². The van der Waals surface area contributed by atoms with E-state index in [9.17, 15) is 4.79 Å². The Balaban J connectivity index is 0.00000320. The zero-order valence-electron chi connectivity index (χ0n) is 17.8. The lowest BCUT2D eigenvalue weighted by molar-refractivity contribution is -0.120. The Hall–Kier alpha value is -2.35. The smallest absolute Gasteiger partial charge is 0.266 e. The summed E-state index contributed by atoms with van der Waals surface area (Å²) < 4.78 is 12.4. The Morgan fingerprint density at radius 1 is 1.10 bits per heavy atom. The van der Waals surface area contributed by atoms with Crippen molar-refractivity contribution in [2.24, 2.45) is 0 Å². The van der Waals surface area contributed by atoms with Crippen LogP contribution in [0.25, 0.3) is 10.2 Å². The van der Waals surface area contributed by atoms with Gasteiger partial charge in [0.05, 0.1) is 16.8 Å². The number of likely N-dealkylation sites (N-methyl/N-ethyl adjacent to an activating group) is 1. The minimum atomic E-state index is -0.112. The highest BCUT2D eigenvalue weighted by Crippen LogP contribution is 2.31. The number of benzene rings is 2. The Bertz CT molecular complexity index is 977. The molecule has 0 aliphatic rings. The molecular formula is C22H28ClN3O3S. The molecular weight excluding hydrogens is 422 g/mol. The van der Waals surface area contributed by atoms with Gasteiger partial charge in [-0.3, -0.25) is 9.69 Å². The standard InChI is InChI=1S/C22H27N3O3S.ClH/c1-5-27-17-10-11-18-20(14-17)29-22(23-18)25(13-12-24(3)4)21(26)15-28-19-9-7-6-8-16(19)2;/h6-11,14H,5,12-13,15H2,1-4H3;1H. The number of ether oxygens (including phenoxy) is 2. The highest BCUT2D eigenvalue weighted by Gasteiger charge is 2.21. The Morgan fingerprint density at radius 2 is 1.87 bits per heavy atom. The second-order valence-corrected chi connectivity index (χ2v) is 7.97. The first-order valence-electron chi connectivity index (χ1n) is 9.65. The number of amides is 1. The molecule has 0 radical (unpaired) electrons. The molecule has 162 valence electrons. The number of anilines is 1. The lowest BCUT2D eigenvalue weighted by Gasteiger charge is -2.22. The van der Waals surface area contributed by atoms with Crippen molar-refractivity contribution >= 4 is 45.0 Å². The van der Waals surface area contributed by atoms with Gasteiger partial charge in [0.15, 0.2) is 11.7 Å². The predicted octanol–water partition coefficient (Wildman–Crippen LogP) is 4.40. The first-order valence-corrected chi connectivity index (χ1v) is 10.5. The summed E-state index contributed by atoms with van der Waals surface area (Å²) in [6.07, 6.45) is 0. The van der Waals surface area contributed by atoms with Gasteiger partial charge in [-0.15, -0.1) is 12.4 Å². The minimum Gasteiger partial charge on any atom is -0.494 e. The number of halogens is 1. The molecule has 1 amide bonds. The zero-order chi connectivity index (χ0) is 20.8. The van der Waals surface area contributed by atoms with Crippen LogP contribution in [0.4, 0.5) is 5.13 Å². The van der Waals surface area contributed by atoms with E-state index in [0.29, 0.717) is 18.3 Å². The number of aromatic nitrogens is 1. The van der Waals surface area contributed by atoms with Crippen molar-refractivity contribution in [2.45, 2.75) is 13.8 Å². The molecule has 0 fully saturated rings. The lowest BCUT2D eigenvalue weighted by Crippen LogP contribution is -2.39. The Kier molecular flexibility index (Phi) is 8.89. The van der Waals surface area contributed by atoms with Gasteiger partial charge in [-0.25, -0.2) is 4.98 Å². The van der Waals surface area contributed by atoms with E-state index in [2.05, 4.69) is 4.98 Å². The number of hydrogen-bond donors (Lipinski definition) is 0. The molecule has 0 aliphatic heterocycles. The van der Waals surface area contributed by atoms with Gasteiger partial charge < -0.3 is 14.4 Å². The molecule has 3 aromatic rings. The molecule has 0 atom stereocenters. The average molecular weight is 450 g/mol. The van der Waals surface area contributed by atoms with Crippen LogP contribution >= 0.6 is 23.7 Å². The van der Waals surface area contributed by atoms with Crippen LogP contribution in [-0.4, -0.2) is 56.2 Å². The van der Waals surface area contributed by atoms with Crippen LogP contribution in [0.3, 0.4) is 0 Å². The third-order valence-corrected chi connectivity index (χ3v) is 5.45. The van der Waals surface area contributed by atoms with Crippen LogP contribution in [0.15, 0.2) is 42.5 Å². The van der Waals surface area contributed by atoms with Crippen LogP contribution < -0.4 is 14.4 Å². The van der Waals surface area contributed by atoms with Gasteiger partial charge in [-0.05, 0) is 57.8 Å². The summed E-state index contributed by atoms with van der Waals surface area (Å²) in [5, 5.41) is 0.675. The molecule has 0 unspecified atom stereocenters. The van der Waals surface area contributed by atoms with Gasteiger partial charge in [0.1, 0.15) is 11.5 Å². The maximum atomic E-state index is 13.0. The third-order valence-electron chi connectivity index (χ3n) is 4.41. The van der Waals surface area contributed by atoms with Crippen molar-refractivity contribution in [3.05, 3.63) is 48.0 Å². The van der Waals surface area contributed by atoms with Gasteiger partial charge in [-0.2, -0.15) is 0 Å². The largest absolute Gasteiger partial charge is 0.494 e. The van der Waals surface area contributed by atoms with Gasteiger partial charge in [0.2, 0.25) is 0 Å². The number of rotatable bonds is 9. The van der Waals surface area contributed by atoms with Crippen LogP contribution in [0.1, 0.15) is 12.5 Å². The number of nitrogens with zero attached hydrogens (tertiary/aromatic N) is 3. The summed E-state index contributed by atoms with van der Waals surface area (Å²) in [5.74, 6) is 1.42. The number of thiazole rings is 1. The molecule has 0 saturated heterocycles. The number of aryl methyl sites for hydroxylation is 1. The van der Waals surface area contributed by atoms with E-state index < -0.39 is 0 Å². The van der Waals surface area contributed by atoms with Crippen molar-refractivity contribution in [3.63, 3.8) is 0 Å². The van der Waals surface area contributed by atoms with Crippen molar-refractivity contribution in [1.29, 1.82) is 0 Å². The summed E-state index contributed by atoms with van der Waals surface area (Å²) in [6, 6.07) is 13.5. The third kappa shape index (κ3) is 6.08. The number of carbonyl (C=O) groups is 1. The molecule has 0 saturated carbocycles. The van der Waals surface area contributed by atoms with Crippen LogP contribution in [0.5, 0.6) is 11.5 Å². The predicted molar refractivity (Wildman–Crippen MR) is 126 cm³/mol. The summed E-state index contributed by atoms with van der Waals surface area (Å²) in [6.45, 7) is 5.78. The molecule has 8 heteroatoms. The van der Waals surface area contributed by atoms with Gasteiger partial charge in [0.25, 0.3) is 5.91 Å². The highest BCUT2D eigenvalue weighted by atomic mass is 35.5. The normalized spacial score (nSPS) is 10.7. The lowest BCUT2D eigenvalue weighted by atomic mass is 10.2. The molecule has 1 aromatic heterocycles. The van der Waals surface area contributed by atoms with Crippen molar-refractivity contribution in [1.82, 2.24) is 9.88 Å². The second-order valence-electron chi connectivity index (χ2n) is 6.96. The molecule has 30 heavy (non-hydrogen) atoms. The fourth-order valence-corrected chi connectivity index (χ4v) is 3.86. The number of carbonyl (C=O) groups excluding carboxylic acids is 1. The molecule has 0 aliphatic carbocycles. The van der Waals surface area contributed by atoms with E-state index in [1.54, 1.807) is 4.90 Å². The summed E-state index contributed by atoms with van der Waals surface area (Å²) in [7, 11) is 3.97. The highest BCUT2D eigenvalue weighted by molar-refractivity contribution is 7.22. The Labute approximate surface area is 187 Å². The second kappa shape index (κ2) is 11.2. The topological polar surface area (TPSA) is 54.9 Å². The van der Waals surface area contributed by atoms with Gasteiger partial charge in [0, 0.05) is 13.1 Å². The monoisotopic (exact) mass is 449 g/mol. The van der Waals surface area contributed by atoms with E-state index in [-0.39, 0.29) is 24.9 Å². The maximum Gasteiger partial charge on any atom is 0.266 e. The zero-order valence-corrected chi connectivity index (χ0v) is 19.4. The van der Waals surface area contributed by atoms with Gasteiger partial charge >= 0.3 is 0 Å². The summed E-state index contributed by atoms with van der Waals surface area (Å²) in [5.41, 5.74) is 1.86. The first kappa shape index (κ1) is 23.9. The molecule has 1 heterocycles. The summed E-state index contributed by atoms with van der Waals surface area (Å²) in [4.78, 5) is 21.4. The van der Waals surface area contributed by atoms with Crippen molar-refractivity contribution in [3.8, 4) is 11.5 Å². The maximum absolute atomic E-state index is 13.0. The van der Waals surface area contributed by atoms with E-state index in [1.165, 1.54) is 11.3 Å². The van der Waals surface area contributed by atoms with Crippen molar-refractivity contribution in [2.75, 3.05) is 45.3 Å². The molecule has 3 rings (SSSR count). The van der Waals surface area contributed by atoms with E-state index in [0.717, 1.165) is 33.8 Å². The van der Waals surface area contributed by atoms with Crippen LogP contribution in [0, 0.1) is 6.92 Å². The fraction of sp³-hybridized carbons (Fsp3) is 0.364. The van der Waals surface area contributed by atoms with Crippen LogP contribution in [0.2, 0.25) is 0 Å². The quantitative estimate of drug-likeness (QED) is 0.484. The van der Waals surface area contributed by atoms with E-state index >= 15 is 0 Å². The molecule has 2 aromatic carbocycles. The van der Waals surface area contributed by atoms with Crippen LogP contribution in [-0.2, 0) is 4.79 Å². The fourth-order valence-electron chi connectivity index (χ4n) is 2.83. The van der Waals surface area contributed by atoms with Gasteiger partial charge in [-0.1, -0.05) is 29.5 Å². The minimum absolute atomic E-state index is 0. The Morgan fingerprint density at radius 3 is 2.57 bits per heavy atom. The first-order chi connectivity index (χ1) is 14.0. The molecule has 0 N–H and O–H groups in total. The van der Waals surface area contributed by atoms with E-state index in [1.807, 2.05) is 75.3 Å². The summed E-state index contributed by atoms with van der Waals surface area (Å²) >= 11 is 1.49. The molecule has 0 bridgehead atoms. The number of hydrogen-bond acceptors (Lipinski definition) is 6. The molecule has 6 nitrogen and oxygen atoms in total. The SMILES string of the molecule is CCOc1ccc2nc(N(CCN(C)C)C(=O)COc3ccccc3C)sc2c1.Cl. The molecule has 0 spiro atoms. The number of para-hydroxylation sites is 1. The number of fused-ring (bicyclic) bond motifs is 1. The van der Waals surface area contributed by atoms with E-state index in [4.69, 9.17) is 9.47 Å².